The van der Waals surface area contributed by atoms with Gasteiger partial charge in [-0.2, -0.15) is 5.26 Å². The molecule has 1 N–H and O–H groups in total. The number of benzene rings is 1. The van der Waals surface area contributed by atoms with E-state index in [1.54, 1.807) is 26.2 Å². The van der Waals surface area contributed by atoms with Crippen LogP contribution >= 0.6 is 0 Å². The van der Waals surface area contributed by atoms with E-state index in [1.165, 1.54) is 0 Å². The Morgan fingerprint density at radius 2 is 2.00 bits per heavy atom. The average Bonchev–Trinajstić information content (AvgIpc) is 2.63. The minimum atomic E-state index is -1.01. The Morgan fingerprint density at radius 3 is 2.55 bits per heavy atom. The Bertz CT molecular complexity index is 576. The number of hydrogen-bond acceptors (Lipinski definition) is 4. The number of imide groups is 1. The highest BCUT2D eigenvalue weighted by Crippen LogP contribution is 2.23. The quantitative estimate of drug-likeness (QED) is 0.657. The van der Waals surface area contributed by atoms with Crippen molar-refractivity contribution in [1.29, 1.82) is 5.26 Å². The molecule has 0 saturated carbocycles. The molecule has 6 heteroatoms. The van der Waals surface area contributed by atoms with E-state index in [1.807, 2.05) is 18.2 Å². The standard InChI is InChI=1S/C14H15N3O3/c1-14(9-10-3-5-11(20-2)6-4-10)12(18)17(8-7-15)13(19)16-14/h3-6H,8-9H2,1-2H3,(H,16,19). The molecule has 0 bridgehead atoms. The molecule has 1 atom stereocenters. The fraction of sp³-hybridized carbons (Fsp3) is 0.357. The first kappa shape index (κ1) is 13.9. The lowest BCUT2D eigenvalue weighted by molar-refractivity contribution is -0.130. The molecule has 0 aromatic heterocycles. The lowest BCUT2D eigenvalue weighted by Crippen LogP contribution is -2.46. The Balaban J connectivity index is 2.17. The van der Waals surface area contributed by atoms with Crippen molar-refractivity contribution >= 4 is 11.9 Å². The van der Waals surface area contributed by atoms with Gasteiger partial charge in [0.15, 0.2) is 0 Å². The molecule has 104 valence electrons. The van der Waals surface area contributed by atoms with E-state index in [4.69, 9.17) is 10.00 Å². The maximum absolute atomic E-state index is 12.2. The lowest BCUT2D eigenvalue weighted by atomic mass is 9.93. The number of carbonyl (C=O) groups excluding carboxylic acids is 2. The van der Waals surface area contributed by atoms with Crippen LogP contribution in [0.15, 0.2) is 24.3 Å². The molecule has 1 aliphatic rings. The maximum atomic E-state index is 12.2. The van der Waals surface area contributed by atoms with Gasteiger partial charge in [-0.3, -0.25) is 4.79 Å². The Morgan fingerprint density at radius 1 is 1.35 bits per heavy atom. The van der Waals surface area contributed by atoms with Crippen LogP contribution in [0.3, 0.4) is 0 Å². The van der Waals surface area contributed by atoms with Crippen LogP contribution in [0.2, 0.25) is 0 Å². The van der Waals surface area contributed by atoms with Crippen molar-refractivity contribution in [2.75, 3.05) is 13.7 Å². The van der Waals surface area contributed by atoms with E-state index in [9.17, 15) is 9.59 Å². The fourth-order valence-electron chi connectivity index (χ4n) is 2.23. The van der Waals surface area contributed by atoms with Crippen LogP contribution in [0.25, 0.3) is 0 Å². The van der Waals surface area contributed by atoms with Crippen molar-refractivity contribution < 1.29 is 14.3 Å². The first-order valence-electron chi connectivity index (χ1n) is 6.14. The number of carbonyl (C=O) groups is 2. The van der Waals surface area contributed by atoms with Crippen LogP contribution in [0.5, 0.6) is 5.75 Å². The highest BCUT2D eigenvalue weighted by Gasteiger charge is 2.47. The molecule has 3 amide bonds. The molecule has 1 heterocycles. The van der Waals surface area contributed by atoms with E-state index in [0.29, 0.717) is 6.42 Å². The molecule has 0 aliphatic carbocycles. The summed E-state index contributed by atoms with van der Waals surface area (Å²) in [5, 5.41) is 11.3. The van der Waals surface area contributed by atoms with Crippen LogP contribution in [-0.2, 0) is 11.2 Å². The first-order valence-corrected chi connectivity index (χ1v) is 6.14. The summed E-state index contributed by atoms with van der Waals surface area (Å²) in [5.41, 5.74) is -0.108. The highest BCUT2D eigenvalue weighted by molar-refractivity contribution is 6.07. The maximum Gasteiger partial charge on any atom is 0.325 e. The second-order valence-electron chi connectivity index (χ2n) is 4.84. The molecule has 0 radical (unpaired) electrons. The van der Waals surface area contributed by atoms with Crippen molar-refractivity contribution in [3.05, 3.63) is 29.8 Å². The van der Waals surface area contributed by atoms with E-state index in [0.717, 1.165) is 16.2 Å². The molecular weight excluding hydrogens is 258 g/mol. The number of amides is 3. The molecule has 1 aromatic rings. The molecule has 6 nitrogen and oxygen atoms in total. The summed E-state index contributed by atoms with van der Waals surface area (Å²) in [6.45, 7) is 1.43. The topological polar surface area (TPSA) is 82.4 Å². The van der Waals surface area contributed by atoms with E-state index >= 15 is 0 Å². The Labute approximate surface area is 116 Å². The van der Waals surface area contributed by atoms with Gasteiger partial charge in [0.05, 0.1) is 13.2 Å². The van der Waals surface area contributed by atoms with Gasteiger partial charge in [0.1, 0.15) is 17.8 Å². The zero-order valence-corrected chi connectivity index (χ0v) is 11.3. The van der Waals surface area contributed by atoms with Gasteiger partial charge in [0.25, 0.3) is 5.91 Å². The number of nitrogens with zero attached hydrogens (tertiary/aromatic N) is 2. The van der Waals surface area contributed by atoms with Gasteiger partial charge in [-0.25, -0.2) is 9.69 Å². The highest BCUT2D eigenvalue weighted by atomic mass is 16.5. The number of methoxy groups -OCH3 is 1. The van der Waals surface area contributed by atoms with Crippen molar-refractivity contribution in [3.63, 3.8) is 0 Å². The lowest BCUT2D eigenvalue weighted by Gasteiger charge is -2.21. The molecule has 1 fully saturated rings. The van der Waals surface area contributed by atoms with Crippen LogP contribution in [0.1, 0.15) is 12.5 Å². The normalized spacial score (nSPS) is 21.6. The zero-order chi connectivity index (χ0) is 14.8. The average molecular weight is 273 g/mol. The Hall–Kier alpha value is -2.55. The van der Waals surface area contributed by atoms with Gasteiger partial charge in [0.2, 0.25) is 0 Å². The van der Waals surface area contributed by atoms with Crippen molar-refractivity contribution in [3.8, 4) is 11.8 Å². The second kappa shape index (κ2) is 5.21. The smallest absolute Gasteiger partial charge is 0.325 e. The SMILES string of the molecule is COc1ccc(CC2(C)NC(=O)N(CC#N)C2=O)cc1. The summed E-state index contributed by atoms with van der Waals surface area (Å²) in [7, 11) is 1.58. The summed E-state index contributed by atoms with van der Waals surface area (Å²) in [6.07, 6.45) is 0.365. The fourth-order valence-corrected chi connectivity index (χ4v) is 2.23. The summed E-state index contributed by atoms with van der Waals surface area (Å²) in [6, 6.07) is 8.58. The number of rotatable bonds is 4. The predicted octanol–water partition coefficient (Wildman–Crippen LogP) is 1.07. The van der Waals surface area contributed by atoms with Gasteiger partial charge in [0, 0.05) is 6.42 Å². The van der Waals surface area contributed by atoms with Crippen LogP contribution in [0, 0.1) is 11.3 Å². The van der Waals surface area contributed by atoms with Gasteiger partial charge >= 0.3 is 6.03 Å². The minimum absolute atomic E-state index is 0.233. The second-order valence-corrected chi connectivity index (χ2v) is 4.84. The molecule has 2 rings (SSSR count). The zero-order valence-electron chi connectivity index (χ0n) is 11.3. The molecule has 1 saturated heterocycles. The van der Waals surface area contributed by atoms with E-state index in [2.05, 4.69) is 5.32 Å². The monoisotopic (exact) mass is 273 g/mol. The van der Waals surface area contributed by atoms with Crippen LogP contribution in [-0.4, -0.2) is 36.0 Å². The summed E-state index contributed by atoms with van der Waals surface area (Å²) >= 11 is 0. The third kappa shape index (κ3) is 2.43. The molecule has 1 aromatic carbocycles. The number of nitriles is 1. The third-order valence-electron chi connectivity index (χ3n) is 3.29. The van der Waals surface area contributed by atoms with Crippen LogP contribution < -0.4 is 10.1 Å². The van der Waals surface area contributed by atoms with E-state index in [-0.39, 0.29) is 12.5 Å². The third-order valence-corrected chi connectivity index (χ3v) is 3.29. The van der Waals surface area contributed by atoms with Crippen molar-refractivity contribution in [2.24, 2.45) is 0 Å². The summed E-state index contributed by atoms with van der Waals surface area (Å²) in [4.78, 5) is 24.9. The number of hydrogen-bond donors (Lipinski definition) is 1. The Kier molecular flexibility index (Phi) is 3.61. The first-order chi connectivity index (χ1) is 9.50. The molecule has 1 aliphatic heterocycles. The molecular formula is C14H15N3O3. The number of nitrogens with one attached hydrogen (secondary N) is 1. The molecule has 1 unspecified atom stereocenters. The predicted molar refractivity (Wildman–Crippen MR) is 71.0 cm³/mol. The van der Waals surface area contributed by atoms with Gasteiger partial charge in [-0.05, 0) is 24.6 Å². The molecule has 0 spiro atoms. The van der Waals surface area contributed by atoms with Crippen molar-refractivity contribution in [2.45, 2.75) is 18.9 Å². The van der Waals surface area contributed by atoms with E-state index < -0.39 is 11.6 Å². The number of ether oxygens (including phenoxy) is 1. The van der Waals surface area contributed by atoms with Gasteiger partial charge in [-0.15, -0.1) is 0 Å². The van der Waals surface area contributed by atoms with Crippen LogP contribution in [0.4, 0.5) is 4.79 Å². The van der Waals surface area contributed by atoms with Gasteiger partial charge in [-0.1, -0.05) is 12.1 Å². The largest absolute Gasteiger partial charge is 0.497 e. The van der Waals surface area contributed by atoms with Gasteiger partial charge < -0.3 is 10.1 Å². The summed E-state index contributed by atoms with van der Waals surface area (Å²) < 4.78 is 5.07. The number of urea groups is 1. The van der Waals surface area contributed by atoms with Crippen molar-refractivity contribution in [1.82, 2.24) is 10.2 Å². The minimum Gasteiger partial charge on any atom is -0.497 e. The molecule has 20 heavy (non-hydrogen) atoms. The summed E-state index contributed by atoms with van der Waals surface area (Å²) in [5.74, 6) is 0.353.